The van der Waals surface area contributed by atoms with Gasteiger partial charge in [-0.2, -0.15) is 0 Å². The lowest BCUT2D eigenvalue weighted by Gasteiger charge is -2.31. The van der Waals surface area contributed by atoms with Crippen molar-refractivity contribution in [3.63, 3.8) is 0 Å². The summed E-state index contributed by atoms with van der Waals surface area (Å²) in [6.07, 6.45) is 8.19. The second-order valence-electron chi connectivity index (χ2n) is 8.31. The number of aliphatic imine (C=N–C) groups is 1. The number of carbonyl (C=O) groups is 2. The van der Waals surface area contributed by atoms with Crippen LogP contribution in [-0.2, 0) is 16.1 Å². The monoisotopic (exact) mass is 432 g/mol. The van der Waals surface area contributed by atoms with Crippen LogP contribution in [0.2, 0.25) is 5.02 Å². The van der Waals surface area contributed by atoms with Crippen LogP contribution < -0.4 is 10.1 Å². The van der Waals surface area contributed by atoms with E-state index in [0.717, 1.165) is 37.0 Å². The van der Waals surface area contributed by atoms with Gasteiger partial charge in [-0.15, -0.1) is 0 Å². The second-order valence-corrected chi connectivity index (χ2v) is 8.72. The molecule has 0 aromatic heterocycles. The lowest BCUT2D eigenvalue weighted by molar-refractivity contribution is -0.132. The molecule has 1 aliphatic carbocycles. The topological polar surface area (TPSA) is 74.2 Å². The van der Waals surface area contributed by atoms with Crippen molar-refractivity contribution in [3.8, 4) is 5.75 Å². The number of guanidine groups is 1. The minimum absolute atomic E-state index is 0.0667. The number of fused-ring (bicyclic) bond motifs is 2. The Kier molecular flexibility index (Phi) is 6.46. The molecule has 30 heavy (non-hydrogen) atoms. The van der Waals surface area contributed by atoms with E-state index in [0.29, 0.717) is 48.8 Å². The number of unbranched alkanes of at least 4 members (excludes halogenated alkanes) is 1. The number of rotatable bonds is 7. The molecule has 2 heterocycles. The van der Waals surface area contributed by atoms with E-state index in [9.17, 15) is 9.59 Å². The number of ether oxygens (including phenoxy) is 1. The van der Waals surface area contributed by atoms with Crippen LogP contribution in [0, 0.1) is 0 Å². The third-order valence-corrected chi connectivity index (χ3v) is 6.51. The fraction of sp³-hybridized carbons (Fsp3) is 0.591. The van der Waals surface area contributed by atoms with Gasteiger partial charge >= 0.3 is 0 Å². The minimum atomic E-state index is -0.0667. The predicted molar refractivity (Wildman–Crippen MR) is 116 cm³/mol. The third-order valence-electron chi connectivity index (χ3n) is 6.20. The number of amides is 2. The number of benzene rings is 1. The molecular formula is C22H29ClN4O3. The van der Waals surface area contributed by atoms with Gasteiger partial charge in [0.2, 0.25) is 17.8 Å². The first-order valence-corrected chi connectivity index (χ1v) is 11.2. The standard InChI is InChI=1S/C22H29ClN4O3/c1-26(15-7-3-2-4-8-15)20(29)9-5-6-12-30-18-11-10-17(23)21-16(18)13-27-14-19(28)24-22(27)25-21/h10-11,15H,2-9,12-14H2,1H3,(H,24,25,28). The summed E-state index contributed by atoms with van der Waals surface area (Å²) in [5.74, 6) is 1.45. The highest BCUT2D eigenvalue weighted by Crippen LogP contribution is 2.39. The first kappa shape index (κ1) is 21.0. The fourth-order valence-corrected chi connectivity index (χ4v) is 4.64. The van der Waals surface area contributed by atoms with Crippen molar-refractivity contribution < 1.29 is 14.3 Å². The van der Waals surface area contributed by atoms with Crippen LogP contribution in [0.15, 0.2) is 17.1 Å². The SMILES string of the molecule is CN(C(=O)CCCCOc1ccc(Cl)c2c1CN1CC(=O)NC1=N2)C1CCCCC1. The molecule has 0 atom stereocenters. The van der Waals surface area contributed by atoms with Gasteiger partial charge in [0.05, 0.1) is 23.9 Å². The summed E-state index contributed by atoms with van der Waals surface area (Å²) < 4.78 is 6.01. The molecule has 3 aliphatic rings. The average molecular weight is 433 g/mol. The number of nitrogens with one attached hydrogen (secondary N) is 1. The van der Waals surface area contributed by atoms with Gasteiger partial charge in [0.25, 0.3) is 0 Å². The molecule has 1 aromatic rings. The van der Waals surface area contributed by atoms with Gasteiger partial charge in [-0.3, -0.25) is 14.9 Å². The maximum atomic E-state index is 12.5. The summed E-state index contributed by atoms with van der Waals surface area (Å²) >= 11 is 6.32. The third kappa shape index (κ3) is 4.56. The molecule has 1 saturated heterocycles. The summed E-state index contributed by atoms with van der Waals surface area (Å²) in [5, 5.41) is 3.29. The Morgan fingerprint density at radius 2 is 2.07 bits per heavy atom. The number of nitrogens with zero attached hydrogens (tertiary/aromatic N) is 3. The lowest BCUT2D eigenvalue weighted by atomic mass is 9.94. The van der Waals surface area contributed by atoms with Crippen LogP contribution >= 0.6 is 11.6 Å². The van der Waals surface area contributed by atoms with Crippen molar-refractivity contribution in [3.05, 3.63) is 22.7 Å². The quantitative estimate of drug-likeness (QED) is 0.668. The van der Waals surface area contributed by atoms with E-state index in [1.165, 1.54) is 19.3 Å². The molecule has 7 nitrogen and oxygen atoms in total. The molecule has 2 fully saturated rings. The highest BCUT2D eigenvalue weighted by atomic mass is 35.5. The van der Waals surface area contributed by atoms with E-state index in [-0.39, 0.29) is 11.8 Å². The van der Waals surface area contributed by atoms with Gasteiger partial charge in [0, 0.05) is 25.1 Å². The molecular weight excluding hydrogens is 404 g/mol. The summed E-state index contributed by atoms with van der Waals surface area (Å²) in [4.78, 5) is 32.4. The highest BCUT2D eigenvalue weighted by molar-refractivity contribution is 6.33. The number of halogens is 1. The number of carbonyl (C=O) groups excluding carboxylic acids is 2. The van der Waals surface area contributed by atoms with Crippen molar-refractivity contribution in [1.29, 1.82) is 0 Å². The Morgan fingerprint density at radius 3 is 2.87 bits per heavy atom. The Labute approximate surface area is 182 Å². The van der Waals surface area contributed by atoms with E-state index in [1.54, 1.807) is 6.07 Å². The Morgan fingerprint density at radius 1 is 1.27 bits per heavy atom. The molecule has 8 heteroatoms. The summed E-state index contributed by atoms with van der Waals surface area (Å²) in [5.41, 5.74) is 1.56. The predicted octanol–water partition coefficient (Wildman–Crippen LogP) is 3.61. The van der Waals surface area contributed by atoms with Crippen LogP contribution in [0.4, 0.5) is 5.69 Å². The molecule has 162 valence electrons. The van der Waals surface area contributed by atoms with Gasteiger partial charge in [-0.05, 0) is 37.8 Å². The summed E-state index contributed by atoms with van der Waals surface area (Å²) in [6.45, 7) is 1.36. The van der Waals surface area contributed by atoms with Gasteiger partial charge in [0.15, 0.2) is 0 Å². The van der Waals surface area contributed by atoms with E-state index < -0.39 is 0 Å². The van der Waals surface area contributed by atoms with Crippen molar-refractivity contribution in [2.45, 2.75) is 64.0 Å². The normalized spacial score (nSPS) is 18.4. The van der Waals surface area contributed by atoms with Crippen LogP contribution in [0.3, 0.4) is 0 Å². The highest BCUT2D eigenvalue weighted by Gasteiger charge is 2.31. The summed E-state index contributed by atoms with van der Waals surface area (Å²) in [7, 11) is 1.95. The van der Waals surface area contributed by atoms with Crippen LogP contribution in [0.1, 0.15) is 56.9 Å². The zero-order valence-electron chi connectivity index (χ0n) is 17.5. The Balaban J connectivity index is 1.27. The van der Waals surface area contributed by atoms with Crippen LogP contribution in [0.5, 0.6) is 5.75 Å². The van der Waals surface area contributed by atoms with Gasteiger partial charge < -0.3 is 14.5 Å². The smallest absolute Gasteiger partial charge is 0.246 e. The van der Waals surface area contributed by atoms with Crippen LogP contribution in [0.25, 0.3) is 0 Å². The fourth-order valence-electron chi connectivity index (χ4n) is 4.42. The lowest BCUT2D eigenvalue weighted by Crippen LogP contribution is -2.38. The van der Waals surface area contributed by atoms with E-state index >= 15 is 0 Å². The van der Waals surface area contributed by atoms with Crippen molar-refractivity contribution in [2.75, 3.05) is 20.2 Å². The maximum Gasteiger partial charge on any atom is 0.246 e. The number of hydrogen-bond donors (Lipinski definition) is 1. The minimum Gasteiger partial charge on any atom is -0.493 e. The molecule has 0 unspecified atom stereocenters. The van der Waals surface area contributed by atoms with E-state index in [1.807, 2.05) is 22.9 Å². The van der Waals surface area contributed by atoms with Gasteiger partial charge in [-0.25, -0.2) is 4.99 Å². The molecule has 1 aromatic carbocycles. The molecule has 2 amide bonds. The van der Waals surface area contributed by atoms with E-state index in [4.69, 9.17) is 16.3 Å². The zero-order valence-corrected chi connectivity index (χ0v) is 18.2. The zero-order chi connectivity index (χ0) is 21.1. The molecule has 1 N–H and O–H groups in total. The van der Waals surface area contributed by atoms with Crippen LogP contribution in [-0.4, -0.2) is 53.8 Å². The molecule has 0 radical (unpaired) electrons. The van der Waals surface area contributed by atoms with E-state index in [2.05, 4.69) is 10.3 Å². The average Bonchev–Trinajstić information content (AvgIpc) is 3.12. The molecule has 0 bridgehead atoms. The van der Waals surface area contributed by atoms with Gasteiger partial charge in [-0.1, -0.05) is 30.9 Å². The summed E-state index contributed by atoms with van der Waals surface area (Å²) in [6, 6.07) is 4.05. The Hall–Kier alpha value is -2.28. The molecule has 2 aliphatic heterocycles. The van der Waals surface area contributed by atoms with Crippen molar-refractivity contribution in [1.82, 2.24) is 15.1 Å². The Bertz CT molecular complexity index is 851. The number of hydrogen-bond acceptors (Lipinski definition) is 5. The largest absolute Gasteiger partial charge is 0.493 e. The molecule has 1 saturated carbocycles. The first-order chi connectivity index (χ1) is 14.5. The second kappa shape index (κ2) is 9.25. The van der Waals surface area contributed by atoms with Gasteiger partial charge in [0.1, 0.15) is 12.3 Å². The van der Waals surface area contributed by atoms with Crippen molar-refractivity contribution in [2.24, 2.45) is 4.99 Å². The maximum absolute atomic E-state index is 12.5. The molecule has 0 spiro atoms. The first-order valence-electron chi connectivity index (χ1n) is 10.9. The van der Waals surface area contributed by atoms with Crippen molar-refractivity contribution >= 4 is 35.1 Å². The molecule has 4 rings (SSSR count).